The molecule has 1 N–H and O–H groups in total. The molecule has 2 aromatic heterocycles. The number of aromatic nitrogens is 1. The van der Waals surface area contributed by atoms with Gasteiger partial charge in [-0.2, -0.15) is 0 Å². The van der Waals surface area contributed by atoms with Gasteiger partial charge in [-0.3, -0.25) is 9.78 Å². The number of methoxy groups -OCH3 is 1. The summed E-state index contributed by atoms with van der Waals surface area (Å²) in [6, 6.07) is 5.29. The number of nitrogens with zero attached hydrogens (tertiary/aromatic N) is 1. The Hall–Kier alpha value is -1.66. The third-order valence-corrected chi connectivity index (χ3v) is 2.99. The maximum atomic E-state index is 11.9. The second kappa shape index (κ2) is 6.49. The highest BCUT2D eigenvalue weighted by molar-refractivity contribution is 9.10. The van der Waals surface area contributed by atoms with Crippen LogP contribution in [0.25, 0.3) is 0 Å². The number of hydrogen-bond donors (Lipinski definition) is 1. The molecule has 0 spiro atoms. The zero-order valence-corrected chi connectivity index (χ0v) is 11.9. The molecule has 5 nitrogen and oxygen atoms in total. The van der Waals surface area contributed by atoms with Crippen LogP contribution in [0.15, 0.2) is 45.7 Å². The lowest BCUT2D eigenvalue weighted by atomic mass is 10.2. The number of hydrogen-bond acceptors (Lipinski definition) is 4. The van der Waals surface area contributed by atoms with Crippen LogP contribution in [-0.2, 0) is 4.74 Å². The largest absolute Gasteiger partial charge is 0.467 e. The van der Waals surface area contributed by atoms with Crippen molar-refractivity contribution < 1.29 is 13.9 Å². The molecule has 0 aromatic carbocycles. The molecule has 0 fully saturated rings. The van der Waals surface area contributed by atoms with Gasteiger partial charge in [0.1, 0.15) is 11.9 Å². The number of pyridine rings is 1. The Morgan fingerprint density at radius 2 is 2.42 bits per heavy atom. The molecule has 2 aromatic rings. The van der Waals surface area contributed by atoms with Crippen molar-refractivity contribution in [3.05, 3.63) is 52.7 Å². The number of ether oxygens (including phenoxy) is 1. The smallest absolute Gasteiger partial charge is 0.252 e. The average molecular weight is 325 g/mol. The molecular formula is C13H13BrN2O3. The summed E-state index contributed by atoms with van der Waals surface area (Å²) in [6.07, 6.45) is 4.40. The Balaban J connectivity index is 1.96. The van der Waals surface area contributed by atoms with Crippen molar-refractivity contribution in [1.82, 2.24) is 10.3 Å². The summed E-state index contributed by atoms with van der Waals surface area (Å²) in [5, 5.41) is 2.78. The van der Waals surface area contributed by atoms with Gasteiger partial charge >= 0.3 is 0 Å². The summed E-state index contributed by atoms with van der Waals surface area (Å²) in [7, 11) is 1.57. The van der Waals surface area contributed by atoms with Crippen LogP contribution in [0.5, 0.6) is 0 Å². The van der Waals surface area contributed by atoms with E-state index in [1.54, 1.807) is 37.8 Å². The molecule has 0 aliphatic carbocycles. The van der Waals surface area contributed by atoms with Crippen molar-refractivity contribution in [2.45, 2.75) is 6.10 Å². The minimum absolute atomic E-state index is 0.206. The predicted molar refractivity (Wildman–Crippen MR) is 72.7 cm³/mol. The van der Waals surface area contributed by atoms with Gasteiger partial charge in [0.2, 0.25) is 0 Å². The molecule has 1 unspecified atom stereocenters. The fourth-order valence-electron chi connectivity index (χ4n) is 1.60. The van der Waals surface area contributed by atoms with E-state index in [9.17, 15) is 4.79 Å². The summed E-state index contributed by atoms with van der Waals surface area (Å²) >= 11 is 3.27. The Morgan fingerprint density at radius 1 is 1.58 bits per heavy atom. The van der Waals surface area contributed by atoms with Gasteiger partial charge in [0.15, 0.2) is 0 Å². The van der Waals surface area contributed by atoms with E-state index in [0.717, 1.165) is 4.47 Å². The van der Waals surface area contributed by atoms with Gasteiger partial charge in [0, 0.05) is 24.0 Å². The Labute approximate surface area is 119 Å². The van der Waals surface area contributed by atoms with Crippen molar-refractivity contribution in [3.8, 4) is 0 Å². The first kappa shape index (κ1) is 13.8. The number of carbonyl (C=O) groups is 1. The molecule has 19 heavy (non-hydrogen) atoms. The van der Waals surface area contributed by atoms with Gasteiger partial charge in [-0.15, -0.1) is 0 Å². The predicted octanol–water partition coefficient (Wildman–Crippen LogP) is 2.55. The van der Waals surface area contributed by atoms with Crippen molar-refractivity contribution in [1.29, 1.82) is 0 Å². The fourth-order valence-corrected chi connectivity index (χ4v) is 1.96. The van der Waals surface area contributed by atoms with Crippen LogP contribution in [-0.4, -0.2) is 24.5 Å². The third kappa shape index (κ3) is 3.65. The first-order valence-electron chi connectivity index (χ1n) is 5.65. The summed E-state index contributed by atoms with van der Waals surface area (Å²) in [6.45, 7) is 0.329. The quantitative estimate of drug-likeness (QED) is 0.918. The highest BCUT2D eigenvalue weighted by atomic mass is 79.9. The first-order chi connectivity index (χ1) is 9.20. The number of furan rings is 1. The normalized spacial score (nSPS) is 12.1. The van der Waals surface area contributed by atoms with E-state index < -0.39 is 0 Å². The summed E-state index contributed by atoms with van der Waals surface area (Å²) in [5.41, 5.74) is 0.490. The molecule has 1 amide bonds. The second-order valence-electron chi connectivity index (χ2n) is 3.84. The van der Waals surface area contributed by atoms with Crippen molar-refractivity contribution >= 4 is 21.8 Å². The number of carbonyl (C=O) groups excluding carboxylic acids is 1. The van der Waals surface area contributed by atoms with Crippen LogP contribution in [0.3, 0.4) is 0 Å². The summed E-state index contributed by atoms with van der Waals surface area (Å²) in [5.74, 6) is 0.470. The molecule has 0 bridgehead atoms. The van der Waals surface area contributed by atoms with E-state index in [0.29, 0.717) is 17.9 Å². The molecule has 2 rings (SSSR count). The van der Waals surface area contributed by atoms with Crippen molar-refractivity contribution in [2.24, 2.45) is 0 Å². The number of rotatable bonds is 5. The SMILES string of the molecule is COC(CNC(=O)c1cncc(Br)c1)c1ccco1. The monoisotopic (exact) mass is 324 g/mol. The Bertz CT molecular complexity index is 543. The van der Waals surface area contributed by atoms with Crippen LogP contribution >= 0.6 is 15.9 Å². The zero-order chi connectivity index (χ0) is 13.7. The lowest BCUT2D eigenvalue weighted by molar-refractivity contribution is 0.0738. The van der Waals surface area contributed by atoms with E-state index in [1.807, 2.05) is 0 Å². The van der Waals surface area contributed by atoms with Gasteiger partial charge in [-0.05, 0) is 34.1 Å². The van der Waals surface area contributed by atoms with Gasteiger partial charge in [-0.25, -0.2) is 0 Å². The number of halogens is 1. The molecule has 0 aliphatic rings. The third-order valence-electron chi connectivity index (χ3n) is 2.56. The van der Waals surface area contributed by atoms with E-state index >= 15 is 0 Å². The summed E-state index contributed by atoms with van der Waals surface area (Å²) < 4.78 is 11.3. The molecule has 0 aliphatic heterocycles. The maximum absolute atomic E-state index is 11.9. The van der Waals surface area contributed by atoms with E-state index in [2.05, 4.69) is 26.2 Å². The molecule has 1 atom stereocenters. The Morgan fingerprint density at radius 3 is 3.05 bits per heavy atom. The molecule has 0 radical (unpaired) electrons. The highest BCUT2D eigenvalue weighted by Gasteiger charge is 2.15. The van der Waals surface area contributed by atoms with Crippen LogP contribution in [0, 0.1) is 0 Å². The molecule has 100 valence electrons. The fraction of sp³-hybridized carbons (Fsp3) is 0.231. The first-order valence-corrected chi connectivity index (χ1v) is 6.45. The molecule has 0 saturated carbocycles. The van der Waals surface area contributed by atoms with E-state index in [-0.39, 0.29) is 12.0 Å². The van der Waals surface area contributed by atoms with Crippen LogP contribution in [0.1, 0.15) is 22.2 Å². The second-order valence-corrected chi connectivity index (χ2v) is 4.76. The average Bonchev–Trinajstić information content (AvgIpc) is 2.93. The molecular weight excluding hydrogens is 312 g/mol. The van der Waals surface area contributed by atoms with E-state index in [4.69, 9.17) is 9.15 Å². The molecule has 0 saturated heterocycles. The van der Waals surface area contributed by atoms with Crippen LogP contribution in [0.4, 0.5) is 0 Å². The van der Waals surface area contributed by atoms with Gasteiger partial charge in [0.05, 0.1) is 18.4 Å². The van der Waals surface area contributed by atoms with Crippen LogP contribution < -0.4 is 5.32 Å². The molecule has 2 heterocycles. The van der Waals surface area contributed by atoms with E-state index in [1.165, 1.54) is 6.20 Å². The van der Waals surface area contributed by atoms with Gasteiger partial charge in [0.25, 0.3) is 5.91 Å². The summed E-state index contributed by atoms with van der Waals surface area (Å²) in [4.78, 5) is 15.9. The van der Waals surface area contributed by atoms with Gasteiger partial charge in [-0.1, -0.05) is 0 Å². The standard InChI is InChI=1S/C13H13BrN2O3/c1-18-12(11-3-2-4-19-11)8-16-13(17)9-5-10(14)7-15-6-9/h2-7,12H,8H2,1H3,(H,16,17). The lowest BCUT2D eigenvalue weighted by Gasteiger charge is -2.13. The zero-order valence-electron chi connectivity index (χ0n) is 10.3. The van der Waals surface area contributed by atoms with Crippen molar-refractivity contribution in [3.63, 3.8) is 0 Å². The highest BCUT2D eigenvalue weighted by Crippen LogP contribution is 2.16. The lowest BCUT2D eigenvalue weighted by Crippen LogP contribution is -2.29. The van der Waals surface area contributed by atoms with Gasteiger partial charge < -0.3 is 14.5 Å². The molecule has 6 heteroatoms. The number of amides is 1. The number of nitrogens with one attached hydrogen (secondary N) is 1. The van der Waals surface area contributed by atoms with Crippen molar-refractivity contribution in [2.75, 3.05) is 13.7 Å². The minimum atomic E-state index is -0.306. The maximum Gasteiger partial charge on any atom is 0.252 e. The van der Waals surface area contributed by atoms with Crippen LogP contribution in [0.2, 0.25) is 0 Å². The topological polar surface area (TPSA) is 64.4 Å². The Kier molecular flexibility index (Phi) is 4.70. The minimum Gasteiger partial charge on any atom is -0.467 e.